The molecule has 1 amide bonds. The first-order chi connectivity index (χ1) is 12.9. The zero-order valence-corrected chi connectivity index (χ0v) is 16.9. The maximum Gasteiger partial charge on any atom is 0.265 e. The van der Waals surface area contributed by atoms with Crippen LogP contribution >= 0.6 is 0 Å². The first kappa shape index (κ1) is 26.0. The second-order valence-corrected chi connectivity index (χ2v) is 7.35. The predicted octanol–water partition coefficient (Wildman–Crippen LogP) is 2.55. The fraction of sp³-hybridized carbons (Fsp3) is 0.900. The second-order valence-electron chi connectivity index (χ2n) is 7.35. The summed E-state index contributed by atoms with van der Waals surface area (Å²) in [4.78, 5) is 23.2. The van der Waals surface area contributed by atoms with Gasteiger partial charge in [-0.25, -0.2) is 5.06 Å². The van der Waals surface area contributed by atoms with Crippen molar-refractivity contribution in [2.75, 3.05) is 13.2 Å². The van der Waals surface area contributed by atoms with Crippen LogP contribution in [0.2, 0.25) is 0 Å². The number of nitrogens with two attached hydrogens (primary N) is 1. The lowest BCUT2D eigenvalue weighted by atomic mass is 10.0. The molecule has 7 heteroatoms. The number of hydroxylamine groups is 2. The summed E-state index contributed by atoms with van der Waals surface area (Å²) >= 11 is 0. The lowest BCUT2D eigenvalue weighted by molar-refractivity contribution is -0.168. The first-order valence-corrected chi connectivity index (χ1v) is 10.5. The van der Waals surface area contributed by atoms with Crippen LogP contribution in [0.1, 0.15) is 90.4 Å². The standard InChI is InChI=1S/C20H40N2O5/c1-2-3-4-5-8-11-17(24)12-9-6-7-10-13-18(25)14-15-22(27)20(26)19(21)16-23/h17,19,23-24,27H,2-16,21H2,1H3/t17?,19-/m0/s1. The summed E-state index contributed by atoms with van der Waals surface area (Å²) in [5.74, 6) is -0.791. The number of ketones is 1. The fourth-order valence-corrected chi connectivity index (χ4v) is 2.92. The van der Waals surface area contributed by atoms with Gasteiger partial charge in [-0.15, -0.1) is 0 Å². The molecule has 0 aliphatic carbocycles. The maximum atomic E-state index is 11.8. The molecule has 0 heterocycles. The molecule has 0 aliphatic rings. The van der Waals surface area contributed by atoms with Gasteiger partial charge in [-0.3, -0.25) is 14.8 Å². The molecule has 0 fully saturated rings. The Morgan fingerprint density at radius 3 is 2.04 bits per heavy atom. The van der Waals surface area contributed by atoms with Gasteiger partial charge in [0.25, 0.3) is 5.91 Å². The molecule has 160 valence electrons. The molecule has 0 aliphatic heterocycles. The van der Waals surface area contributed by atoms with E-state index < -0.39 is 18.6 Å². The number of carbonyl (C=O) groups excluding carboxylic acids is 2. The van der Waals surface area contributed by atoms with Crippen molar-refractivity contribution in [1.29, 1.82) is 0 Å². The summed E-state index contributed by atoms with van der Waals surface area (Å²) in [6, 6.07) is -1.16. The number of carbonyl (C=O) groups is 2. The molecule has 0 saturated heterocycles. The highest BCUT2D eigenvalue weighted by molar-refractivity contribution is 5.82. The Hall–Kier alpha value is -1.02. The Labute approximate surface area is 163 Å². The van der Waals surface area contributed by atoms with Gasteiger partial charge in [0.15, 0.2) is 0 Å². The molecule has 5 N–H and O–H groups in total. The number of Topliss-reactive ketones (excluding diaryl/α,β-unsaturated/α-hetero) is 1. The van der Waals surface area contributed by atoms with Crippen molar-refractivity contribution >= 4 is 11.7 Å². The molecule has 0 aromatic heterocycles. The summed E-state index contributed by atoms with van der Waals surface area (Å²) in [6.07, 6.45) is 11.8. The molecule has 0 spiro atoms. The highest BCUT2D eigenvalue weighted by Gasteiger charge is 2.19. The van der Waals surface area contributed by atoms with Crippen LogP contribution in [-0.2, 0) is 9.59 Å². The van der Waals surface area contributed by atoms with E-state index in [0.717, 1.165) is 44.9 Å². The van der Waals surface area contributed by atoms with E-state index in [1.54, 1.807) is 0 Å². The molecular weight excluding hydrogens is 348 g/mol. The molecule has 0 rings (SSSR count). The molecule has 0 radical (unpaired) electrons. The Morgan fingerprint density at radius 2 is 1.48 bits per heavy atom. The summed E-state index contributed by atoms with van der Waals surface area (Å²) < 4.78 is 0. The average Bonchev–Trinajstić information content (AvgIpc) is 2.67. The number of amides is 1. The Kier molecular flexibility index (Phi) is 16.5. The van der Waals surface area contributed by atoms with Crippen LogP contribution in [0.5, 0.6) is 0 Å². The SMILES string of the molecule is CCCCCCCC(O)CCCCCCC(=O)CCN(O)C(=O)[C@@H](N)CO. The van der Waals surface area contributed by atoms with E-state index in [2.05, 4.69) is 6.92 Å². The van der Waals surface area contributed by atoms with Gasteiger partial charge in [-0.2, -0.15) is 0 Å². The topological polar surface area (TPSA) is 124 Å². The van der Waals surface area contributed by atoms with Gasteiger partial charge in [0.05, 0.1) is 19.3 Å². The third-order valence-electron chi connectivity index (χ3n) is 4.75. The van der Waals surface area contributed by atoms with Crippen molar-refractivity contribution in [3.63, 3.8) is 0 Å². The monoisotopic (exact) mass is 388 g/mol. The number of nitrogens with zero attached hydrogens (tertiary/aromatic N) is 1. The molecule has 0 saturated carbocycles. The van der Waals surface area contributed by atoms with Gasteiger partial charge in [-0.1, -0.05) is 58.3 Å². The van der Waals surface area contributed by atoms with Gasteiger partial charge in [0, 0.05) is 12.8 Å². The van der Waals surface area contributed by atoms with E-state index in [-0.39, 0.29) is 24.9 Å². The highest BCUT2D eigenvalue weighted by Crippen LogP contribution is 2.13. The third-order valence-corrected chi connectivity index (χ3v) is 4.75. The number of aliphatic hydroxyl groups is 2. The smallest absolute Gasteiger partial charge is 0.265 e. The second kappa shape index (κ2) is 17.1. The van der Waals surface area contributed by atoms with E-state index >= 15 is 0 Å². The number of aliphatic hydroxyl groups excluding tert-OH is 2. The molecular formula is C20H40N2O5. The number of hydrogen-bond donors (Lipinski definition) is 4. The molecule has 27 heavy (non-hydrogen) atoms. The maximum absolute atomic E-state index is 11.8. The number of unbranched alkanes of at least 4 members (excludes halogenated alkanes) is 7. The minimum absolute atomic E-state index is 0.00784. The zero-order valence-electron chi connectivity index (χ0n) is 16.9. The van der Waals surface area contributed by atoms with Crippen LogP contribution in [0, 0.1) is 0 Å². The molecule has 1 unspecified atom stereocenters. The minimum Gasteiger partial charge on any atom is -0.394 e. The van der Waals surface area contributed by atoms with Crippen LogP contribution < -0.4 is 5.73 Å². The molecule has 2 atom stereocenters. The fourth-order valence-electron chi connectivity index (χ4n) is 2.92. The van der Waals surface area contributed by atoms with Crippen molar-refractivity contribution in [2.24, 2.45) is 5.73 Å². The minimum atomic E-state index is -1.16. The zero-order chi connectivity index (χ0) is 20.5. The van der Waals surface area contributed by atoms with Crippen molar-refractivity contribution < 1.29 is 25.0 Å². The predicted molar refractivity (Wildman–Crippen MR) is 105 cm³/mol. The van der Waals surface area contributed by atoms with Gasteiger partial charge in [0.2, 0.25) is 0 Å². The van der Waals surface area contributed by atoms with Crippen LogP contribution in [0.3, 0.4) is 0 Å². The van der Waals surface area contributed by atoms with Crippen molar-refractivity contribution in [2.45, 2.75) is 103 Å². The van der Waals surface area contributed by atoms with Crippen molar-refractivity contribution in [3.8, 4) is 0 Å². The average molecular weight is 389 g/mol. The van der Waals surface area contributed by atoms with Crippen molar-refractivity contribution in [1.82, 2.24) is 5.06 Å². The van der Waals surface area contributed by atoms with E-state index in [1.165, 1.54) is 25.7 Å². The summed E-state index contributed by atoms with van der Waals surface area (Å²) in [7, 11) is 0. The molecule has 0 aromatic rings. The van der Waals surface area contributed by atoms with Gasteiger partial charge < -0.3 is 15.9 Å². The van der Waals surface area contributed by atoms with E-state index in [0.29, 0.717) is 11.5 Å². The van der Waals surface area contributed by atoms with Gasteiger partial charge in [0.1, 0.15) is 11.8 Å². The quantitative estimate of drug-likeness (QED) is 0.162. The number of hydrogen-bond acceptors (Lipinski definition) is 6. The van der Waals surface area contributed by atoms with Crippen LogP contribution in [0.25, 0.3) is 0 Å². The van der Waals surface area contributed by atoms with Gasteiger partial charge >= 0.3 is 0 Å². The van der Waals surface area contributed by atoms with E-state index in [9.17, 15) is 19.9 Å². The van der Waals surface area contributed by atoms with E-state index in [4.69, 9.17) is 10.8 Å². The molecule has 0 bridgehead atoms. The lowest BCUT2D eigenvalue weighted by Crippen LogP contribution is -2.44. The largest absolute Gasteiger partial charge is 0.394 e. The lowest BCUT2D eigenvalue weighted by Gasteiger charge is -2.17. The van der Waals surface area contributed by atoms with E-state index in [1.807, 2.05) is 0 Å². The van der Waals surface area contributed by atoms with Crippen LogP contribution in [0.15, 0.2) is 0 Å². The molecule has 0 aromatic carbocycles. The first-order valence-electron chi connectivity index (χ1n) is 10.5. The Balaban J connectivity index is 3.56. The summed E-state index contributed by atoms with van der Waals surface area (Å²) in [5, 5.41) is 28.6. The van der Waals surface area contributed by atoms with Crippen LogP contribution in [0.4, 0.5) is 0 Å². The summed E-state index contributed by atoms with van der Waals surface area (Å²) in [5.41, 5.74) is 5.31. The van der Waals surface area contributed by atoms with Gasteiger partial charge in [-0.05, 0) is 19.3 Å². The Morgan fingerprint density at radius 1 is 0.926 bits per heavy atom. The summed E-state index contributed by atoms with van der Waals surface area (Å²) in [6.45, 7) is 1.55. The Bertz CT molecular complexity index is 393. The molecule has 7 nitrogen and oxygen atoms in total. The normalized spacial score (nSPS) is 13.4. The van der Waals surface area contributed by atoms with Crippen molar-refractivity contribution in [3.05, 3.63) is 0 Å². The highest BCUT2D eigenvalue weighted by atomic mass is 16.5. The third kappa shape index (κ3) is 14.7. The van der Waals surface area contributed by atoms with Crippen LogP contribution in [-0.4, -0.2) is 57.5 Å². The number of rotatable bonds is 18.